The van der Waals surface area contributed by atoms with Gasteiger partial charge in [0, 0.05) is 18.8 Å². The number of nitrogens with one attached hydrogen (secondary N) is 1. The van der Waals surface area contributed by atoms with E-state index in [1.54, 1.807) is 12.1 Å². The van der Waals surface area contributed by atoms with Crippen LogP contribution in [0.15, 0.2) is 48.5 Å². The molecule has 132 valence electrons. The predicted molar refractivity (Wildman–Crippen MR) is 93.2 cm³/mol. The van der Waals surface area contributed by atoms with E-state index in [-0.39, 0.29) is 24.4 Å². The molecule has 3 rings (SSSR count). The number of benzene rings is 2. The smallest absolute Gasteiger partial charge is 0.262 e. The summed E-state index contributed by atoms with van der Waals surface area (Å²) in [6.07, 6.45) is 0.0490. The molecule has 1 aliphatic rings. The lowest BCUT2D eigenvalue weighted by Crippen LogP contribution is -2.35. The van der Waals surface area contributed by atoms with Crippen LogP contribution in [0, 0.1) is 5.82 Å². The van der Waals surface area contributed by atoms with Crippen molar-refractivity contribution >= 4 is 11.6 Å². The van der Waals surface area contributed by atoms with Gasteiger partial charge in [0.1, 0.15) is 0 Å². The van der Waals surface area contributed by atoms with E-state index < -0.39 is 5.82 Å². The summed E-state index contributed by atoms with van der Waals surface area (Å²) < 4.78 is 24.4. The number of morpholine rings is 1. The van der Waals surface area contributed by atoms with Crippen molar-refractivity contribution in [1.82, 2.24) is 4.90 Å². The number of likely N-dealkylation sites (N-methyl/N-ethyl adjacent to an activating group) is 1. The van der Waals surface area contributed by atoms with Gasteiger partial charge in [0.15, 0.2) is 18.2 Å². The number of amides is 1. The second kappa shape index (κ2) is 8.09. The van der Waals surface area contributed by atoms with E-state index in [0.29, 0.717) is 12.3 Å². The Labute approximate surface area is 146 Å². The average Bonchev–Trinajstić information content (AvgIpc) is 2.62. The molecule has 0 aromatic heterocycles. The fraction of sp³-hybridized carbons (Fsp3) is 0.316. The third-order valence-electron chi connectivity index (χ3n) is 4.03. The molecule has 1 amide bonds. The predicted octanol–water partition coefficient (Wildman–Crippen LogP) is 2.85. The Bertz CT molecular complexity index is 721. The topological polar surface area (TPSA) is 50.8 Å². The van der Waals surface area contributed by atoms with Crippen LogP contribution in [0.5, 0.6) is 5.75 Å². The van der Waals surface area contributed by atoms with Crippen molar-refractivity contribution in [3.63, 3.8) is 0 Å². The van der Waals surface area contributed by atoms with Crippen LogP contribution in [0.25, 0.3) is 0 Å². The number of carbonyl (C=O) groups is 1. The molecule has 0 radical (unpaired) electrons. The molecule has 0 bridgehead atoms. The maximum atomic E-state index is 13.4. The van der Waals surface area contributed by atoms with E-state index in [2.05, 4.69) is 17.3 Å². The lowest BCUT2D eigenvalue weighted by Gasteiger charge is -2.30. The summed E-state index contributed by atoms with van der Waals surface area (Å²) in [6.45, 7) is 2.25. The number of para-hydroxylation sites is 1. The molecule has 1 N–H and O–H groups in total. The first-order chi connectivity index (χ1) is 12.1. The van der Waals surface area contributed by atoms with E-state index in [4.69, 9.17) is 9.47 Å². The lowest BCUT2D eigenvalue weighted by molar-refractivity contribution is -0.118. The molecular weight excluding hydrogens is 323 g/mol. The van der Waals surface area contributed by atoms with Crippen LogP contribution < -0.4 is 10.1 Å². The molecule has 25 heavy (non-hydrogen) atoms. The van der Waals surface area contributed by atoms with Gasteiger partial charge in [0.05, 0.1) is 12.7 Å². The van der Waals surface area contributed by atoms with Crippen molar-refractivity contribution in [3.05, 3.63) is 59.9 Å². The van der Waals surface area contributed by atoms with Crippen LogP contribution in [0.3, 0.4) is 0 Å². The third kappa shape index (κ3) is 4.78. The van der Waals surface area contributed by atoms with Crippen LogP contribution in [0.2, 0.25) is 0 Å². The molecule has 1 fully saturated rings. The van der Waals surface area contributed by atoms with Crippen molar-refractivity contribution in [2.24, 2.45) is 0 Å². The molecule has 2 aromatic rings. The largest absolute Gasteiger partial charge is 0.481 e. The Balaban J connectivity index is 1.52. The third-order valence-corrected chi connectivity index (χ3v) is 4.03. The Hall–Kier alpha value is -2.44. The summed E-state index contributed by atoms with van der Waals surface area (Å²) in [6, 6.07) is 13.5. The summed E-state index contributed by atoms with van der Waals surface area (Å²) in [5.74, 6) is -0.770. The van der Waals surface area contributed by atoms with Gasteiger partial charge in [0.25, 0.3) is 5.91 Å². The fourth-order valence-electron chi connectivity index (χ4n) is 2.66. The molecule has 6 heteroatoms. The number of rotatable bonds is 5. The van der Waals surface area contributed by atoms with Gasteiger partial charge in [-0.05, 0) is 36.9 Å². The zero-order valence-electron chi connectivity index (χ0n) is 14.1. The lowest BCUT2D eigenvalue weighted by atomic mass is 10.1. The Morgan fingerprint density at radius 3 is 2.76 bits per heavy atom. The quantitative estimate of drug-likeness (QED) is 0.906. The molecule has 0 saturated carbocycles. The normalized spacial score (nSPS) is 17.9. The highest BCUT2D eigenvalue weighted by Crippen LogP contribution is 2.23. The van der Waals surface area contributed by atoms with Crippen molar-refractivity contribution < 1.29 is 18.7 Å². The van der Waals surface area contributed by atoms with Crippen molar-refractivity contribution in [2.45, 2.75) is 6.10 Å². The number of hydrogen-bond donors (Lipinski definition) is 1. The maximum absolute atomic E-state index is 13.4. The average molecular weight is 344 g/mol. The number of halogens is 1. The van der Waals surface area contributed by atoms with E-state index in [1.165, 1.54) is 12.1 Å². The number of ether oxygens (including phenoxy) is 2. The first-order valence-corrected chi connectivity index (χ1v) is 8.19. The molecule has 2 aromatic carbocycles. The summed E-state index contributed by atoms with van der Waals surface area (Å²) in [7, 11) is 2.07. The van der Waals surface area contributed by atoms with Crippen LogP contribution in [0.4, 0.5) is 10.1 Å². The van der Waals surface area contributed by atoms with Crippen molar-refractivity contribution in [1.29, 1.82) is 0 Å². The van der Waals surface area contributed by atoms with E-state index >= 15 is 0 Å². The molecule has 0 aliphatic carbocycles. The monoisotopic (exact) mass is 344 g/mol. The van der Waals surface area contributed by atoms with E-state index in [1.807, 2.05) is 24.3 Å². The van der Waals surface area contributed by atoms with E-state index in [0.717, 1.165) is 18.7 Å². The summed E-state index contributed by atoms with van der Waals surface area (Å²) >= 11 is 0. The first kappa shape index (κ1) is 17.4. The Kier molecular flexibility index (Phi) is 5.63. The molecular formula is C19H21FN2O3. The zero-order chi connectivity index (χ0) is 17.6. The molecule has 1 atom stereocenters. The van der Waals surface area contributed by atoms with Crippen LogP contribution in [-0.2, 0) is 9.53 Å². The van der Waals surface area contributed by atoms with Crippen molar-refractivity contribution in [3.8, 4) is 5.75 Å². The van der Waals surface area contributed by atoms with Gasteiger partial charge in [-0.3, -0.25) is 4.79 Å². The van der Waals surface area contributed by atoms with Crippen LogP contribution >= 0.6 is 0 Å². The first-order valence-electron chi connectivity index (χ1n) is 8.19. The second-order valence-corrected chi connectivity index (χ2v) is 6.01. The van der Waals surface area contributed by atoms with Crippen LogP contribution in [-0.4, -0.2) is 44.2 Å². The highest BCUT2D eigenvalue weighted by Gasteiger charge is 2.19. The van der Waals surface area contributed by atoms with E-state index in [9.17, 15) is 9.18 Å². The molecule has 1 unspecified atom stereocenters. The minimum absolute atomic E-state index is 0.0490. The van der Waals surface area contributed by atoms with Crippen molar-refractivity contribution in [2.75, 3.05) is 38.7 Å². The van der Waals surface area contributed by atoms with Gasteiger partial charge >= 0.3 is 0 Å². The molecule has 5 nitrogen and oxygen atoms in total. The standard InChI is InChI=1S/C19H21FN2O3/c1-22-10-11-24-18(12-22)14-6-8-15(9-7-14)21-19(23)13-25-17-5-3-2-4-16(17)20/h2-9,18H,10-13H2,1H3,(H,21,23). The van der Waals surface area contributed by atoms with Gasteiger partial charge < -0.3 is 19.7 Å². The maximum Gasteiger partial charge on any atom is 0.262 e. The highest BCUT2D eigenvalue weighted by atomic mass is 19.1. The minimum Gasteiger partial charge on any atom is -0.481 e. The number of hydrogen-bond acceptors (Lipinski definition) is 4. The fourth-order valence-corrected chi connectivity index (χ4v) is 2.66. The number of nitrogens with zero attached hydrogens (tertiary/aromatic N) is 1. The Morgan fingerprint density at radius 2 is 2.04 bits per heavy atom. The van der Waals surface area contributed by atoms with Crippen LogP contribution in [0.1, 0.15) is 11.7 Å². The summed E-state index contributed by atoms with van der Waals surface area (Å²) in [5, 5.41) is 2.73. The molecule has 0 spiro atoms. The minimum atomic E-state index is -0.489. The van der Waals surface area contributed by atoms with Gasteiger partial charge in [-0.1, -0.05) is 24.3 Å². The van der Waals surface area contributed by atoms with Gasteiger partial charge in [-0.25, -0.2) is 4.39 Å². The SMILES string of the molecule is CN1CCOC(c2ccc(NC(=O)COc3ccccc3F)cc2)C1. The molecule has 1 saturated heterocycles. The molecule has 1 heterocycles. The zero-order valence-corrected chi connectivity index (χ0v) is 14.1. The highest BCUT2D eigenvalue weighted by molar-refractivity contribution is 5.91. The van der Waals surface area contributed by atoms with Gasteiger partial charge in [0.2, 0.25) is 0 Å². The summed E-state index contributed by atoms with van der Waals surface area (Å²) in [4.78, 5) is 14.2. The number of anilines is 1. The van der Waals surface area contributed by atoms with Gasteiger partial charge in [-0.2, -0.15) is 0 Å². The number of carbonyl (C=O) groups excluding carboxylic acids is 1. The summed E-state index contributed by atoms with van der Waals surface area (Å²) in [5.41, 5.74) is 1.74. The van der Waals surface area contributed by atoms with Gasteiger partial charge in [-0.15, -0.1) is 0 Å². The second-order valence-electron chi connectivity index (χ2n) is 6.01. The Morgan fingerprint density at radius 1 is 1.28 bits per heavy atom. The molecule has 1 aliphatic heterocycles.